The van der Waals surface area contributed by atoms with E-state index in [9.17, 15) is 4.79 Å². The van der Waals surface area contributed by atoms with E-state index >= 15 is 0 Å². The molecule has 2 rings (SSSR count). The molecule has 2 aromatic rings. The van der Waals surface area contributed by atoms with Crippen molar-refractivity contribution in [3.63, 3.8) is 0 Å². The number of primary amides is 1. The summed E-state index contributed by atoms with van der Waals surface area (Å²) in [5.74, 6) is 0.815. The molecule has 0 radical (unpaired) electrons. The molecule has 20 heavy (non-hydrogen) atoms. The maximum Gasteiger partial charge on any atom is 0.268 e. The Morgan fingerprint density at radius 3 is 2.85 bits per heavy atom. The highest BCUT2D eigenvalue weighted by molar-refractivity contribution is 5.90. The maximum absolute atomic E-state index is 11.0. The highest BCUT2D eigenvalue weighted by Crippen LogP contribution is 2.14. The van der Waals surface area contributed by atoms with Gasteiger partial charge >= 0.3 is 0 Å². The smallest absolute Gasteiger partial charge is 0.268 e. The third-order valence-corrected chi connectivity index (χ3v) is 2.98. The second-order valence-electron chi connectivity index (χ2n) is 4.49. The van der Waals surface area contributed by atoms with E-state index in [4.69, 9.17) is 10.3 Å². The number of carbonyl (C=O) groups excluding carboxylic acids is 1. The molecule has 1 amide bonds. The molecular formula is C13H17N5O2. The summed E-state index contributed by atoms with van der Waals surface area (Å²) in [7, 11) is 0. The fraction of sp³-hybridized carbons (Fsp3) is 0.385. The maximum atomic E-state index is 11.0. The van der Waals surface area contributed by atoms with Gasteiger partial charge in [-0.3, -0.25) is 9.78 Å². The van der Waals surface area contributed by atoms with Crippen LogP contribution in [0.2, 0.25) is 0 Å². The Bertz CT molecular complexity index is 589. The second kappa shape index (κ2) is 6.14. The van der Waals surface area contributed by atoms with E-state index in [-0.39, 0.29) is 5.69 Å². The van der Waals surface area contributed by atoms with Crippen molar-refractivity contribution in [3.05, 3.63) is 35.1 Å². The summed E-state index contributed by atoms with van der Waals surface area (Å²) in [6, 6.07) is 0. The van der Waals surface area contributed by atoms with Crippen molar-refractivity contribution in [1.82, 2.24) is 15.1 Å². The lowest BCUT2D eigenvalue weighted by Crippen LogP contribution is -2.15. The van der Waals surface area contributed by atoms with E-state index in [1.54, 1.807) is 6.20 Å². The topological polar surface area (TPSA) is 107 Å². The van der Waals surface area contributed by atoms with Crippen LogP contribution in [0.3, 0.4) is 0 Å². The number of anilines is 1. The fourth-order valence-electron chi connectivity index (χ4n) is 1.91. The predicted molar refractivity (Wildman–Crippen MR) is 73.3 cm³/mol. The average molecular weight is 275 g/mol. The normalized spacial score (nSPS) is 10.5. The molecule has 0 saturated heterocycles. The third kappa shape index (κ3) is 3.31. The molecule has 3 N–H and O–H groups in total. The molecule has 0 bridgehead atoms. The summed E-state index contributed by atoms with van der Waals surface area (Å²) in [5, 5.41) is 7.02. The molecule has 0 fully saturated rings. The van der Waals surface area contributed by atoms with E-state index in [0.717, 1.165) is 29.9 Å². The Balaban J connectivity index is 1.84. The monoisotopic (exact) mass is 275 g/mol. The van der Waals surface area contributed by atoms with Gasteiger partial charge in [0, 0.05) is 12.1 Å². The molecule has 2 heterocycles. The lowest BCUT2D eigenvalue weighted by molar-refractivity contribution is 0.0995. The molecule has 106 valence electrons. The molecule has 7 heteroatoms. The van der Waals surface area contributed by atoms with Gasteiger partial charge in [0.15, 0.2) is 0 Å². The molecule has 0 atom stereocenters. The lowest BCUT2D eigenvalue weighted by Gasteiger charge is -2.05. The number of aryl methyl sites for hydroxylation is 2. The van der Waals surface area contributed by atoms with Crippen LogP contribution in [0.1, 0.15) is 33.9 Å². The Morgan fingerprint density at radius 1 is 1.40 bits per heavy atom. The minimum absolute atomic E-state index is 0.153. The lowest BCUT2D eigenvalue weighted by atomic mass is 10.1. The Morgan fingerprint density at radius 2 is 2.20 bits per heavy atom. The number of hydrogen-bond acceptors (Lipinski definition) is 6. The summed E-state index contributed by atoms with van der Waals surface area (Å²) in [6.45, 7) is 4.55. The van der Waals surface area contributed by atoms with Gasteiger partial charge in [0.05, 0.1) is 18.1 Å². The van der Waals surface area contributed by atoms with Crippen molar-refractivity contribution in [2.45, 2.75) is 26.7 Å². The molecule has 0 aromatic carbocycles. The first-order valence-corrected chi connectivity index (χ1v) is 6.35. The van der Waals surface area contributed by atoms with Crippen molar-refractivity contribution in [2.24, 2.45) is 5.73 Å². The van der Waals surface area contributed by atoms with Crippen LogP contribution in [0.15, 0.2) is 16.9 Å². The molecule has 0 spiro atoms. The first-order valence-electron chi connectivity index (χ1n) is 6.35. The molecule has 0 aliphatic carbocycles. The highest BCUT2D eigenvalue weighted by Gasteiger charge is 2.08. The standard InChI is InChI=1S/C13H17N5O2/c1-8-10(9(2)20-18-8)4-3-5-16-12-7-15-6-11(17-12)13(14)19/h6-7H,3-5H2,1-2H3,(H2,14,19)(H,16,17). The summed E-state index contributed by atoms with van der Waals surface area (Å²) >= 11 is 0. The van der Waals surface area contributed by atoms with Gasteiger partial charge in [-0.2, -0.15) is 0 Å². The Kier molecular flexibility index (Phi) is 4.29. The Hall–Kier alpha value is -2.44. The number of carbonyl (C=O) groups is 1. The van der Waals surface area contributed by atoms with Crippen molar-refractivity contribution >= 4 is 11.7 Å². The van der Waals surface area contributed by atoms with E-state index < -0.39 is 5.91 Å². The molecule has 7 nitrogen and oxygen atoms in total. The largest absolute Gasteiger partial charge is 0.369 e. The minimum atomic E-state index is -0.586. The van der Waals surface area contributed by atoms with Gasteiger partial charge < -0.3 is 15.6 Å². The highest BCUT2D eigenvalue weighted by atomic mass is 16.5. The molecule has 0 aliphatic rings. The first kappa shape index (κ1) is 14.0. The predicted octanol–water partition coefficient (Wildman–Crippen LogP) is 1.23. The van der Waals surface area contributed by atoms with Crippen LogP contribution in [-0.4, -0.2) is 27.6 Å². The fourth-order valence-corrected chi connectivity index (χ4v) is 1.91. The van der Waals surface area contributed by atoms with Crippen LogP contribution in [0, 0.1) is 13.8 Å². The number of hydrogen-bond donors (Lipinski definition) is 2. The van der Waals surface area contributed by atoms with Gasteiger partial charge in [-0.05, 0) is 26.7 Å². The average Bonchev–Trinajstić information content (AvgIpc) is 2.75. The van der Waals surface area contributed by atoms with Gasteiger partial charge in [-0.1, -0.05) is 5.16 Å². The van der Waals surface area contributed by atoms with Crippen molar-refractivity contribution < 1.29 is 9.32 Å². The van der Waals surface area contributed by atoms with Crippen LogP contribution in [-0.2, 0) is 6.42 Å². The third-order valence-electron chi connectivity index (χ3n) is 2.98. The molecule has 0 unspecified atom stereocenters. The van der Waals surface area contributed by atoms with Gasteiger partial charge in [0.2, 0.25) is 0 Å². The van der Waals surface area contributed by atoms with Crippen LogP contribution >= 0.6 is 0 Å². The molecule has 0 aliphatic heterocycles. The van der Waals surface area contributed by atoms with Crippen LogP contribution in [0.4, 0.5) is 5.82 Å². The quantitative estimate of drug-likeness (QED) is 0.768. The van der Waals surface area contributed by atoms with Crippen molar-refractivity contribution in [2.75, 3.05) is 11.9 Å². The van der Waals surface area contributed by atoms with E-state index in [2.05, 4.69) is 20.4 Å². The zero-order valence-electron chi connectivity index (χ0n) is 11.5. The van der Waals surface area contributed by atoms with Gasteiger partial charge in [0.25, 0.3) is 5.91 Å². The summed E-state index contributed by atoms with van der Waals surface area (Å²) in [4.78, 5) is 19.0. The van der Waals surface area contributed by atoms with Gasteiger partial charge in [0.1, 0.15) is 17.3 Å². The SMILES string of the molecule is Cc1noc(C)c1CCCNc1cncc(C(N)=O)n1. The number of nitrogens with zero attached hydrogens (tertiary/aromatic N) is 3. The summed E-state index contributed by atoms with van der Waals surface area (Å²) < 4.78 is 5.11. The Labute approximate surface area is 116 Å². The van der Waals surface area contributed by atoms with E-state index in [1.807, 2.05) is 13.8 Å². The minimum Gasteiger partial charge on any atom is -0.369 e. The van der Waals surface area contributed by atoms with Gasteiger partial charge in [-0.15, -0.1) is 0 Å². The number of nitrogens with two attached hydrogens (primary N) is 1. The molecular weight excluding hydrogens is 258 g/mol. The number of rotatable bonds is 6. The second-order valence-corrected chi connectivity index (χ2v) is 4.49. The van der Waals surface area contributed by atoms with E-state index in [0.29, 0.717) is 12.4 Å². The number of amides is 1. The summed E-state index contributed by atoms with van der Waals surface area (Å²) in [6.07, 6.45) is 4.67. The number of aromatic nitrogens is 3. The van der Waals surface area contributed by atoms with E-state index in [1.165, 1.54) is 6.20 Å². The molecule has 0 saturated carbocycles. The number of nitrogens with one attached hydrogen (secondary N) is 1. The first-order chi connectivity index (χ1) is 9.58. The van der Waals surface area contributed by atoms with Crippen LogP contribution in [0.25, 0.3) is 0 Å². The summed E-state index contributed by atoms with van der Waals surface area (Å²) in [5.41, 5.74) is 7.37. The molecule has 2 aromatic heterocycles. The van der Waals surface area contributed by atoms with Crippen LogP contribution in [0.5, 0.6) is 0 Å². The van der Waals surface area contributed by atoms with Gasteiger partial charge in [-0.25, -0.2) is 4.98 Å². The van der Waals surface area contributed by atoms with Crippen molar-refractivity contribution in [3.8, 4) is 0 Å². The van der Waals surface area contributed by atoms with Crippen LogP contribution < -0.4 is 11.1 Å². The zero-order valence-corrected chi connectivity index (χ0v) is 11.5. The van der Waals surface area contributed by atoms with Crippen molar-refractivity contribution in [1.29, 1.82) is 0 Å². The zero-order chi connectivity index (χ0) is 14.5.